The van der Waals surface area contributed by atoms with Crippen LogP contribution in [0.3, 0.4) is 0 Å². The third kappa shape index (κ3) is 5.92. The van der Waals surface area contributed by atoms with Crippen LogP contribution in [-0.4, -0.2) is 55.7 Å². The Hall–Kier alpha value is -1.30. The van der Waals surface area contributed by atoms with Crippen molar-refractivity contribution in [3.05, 3.63) is 0 Å². The van der Waals surface area contributed by atoms with E-state index in [9.17, 15) is 9.59 Å². The molecule has 0 radical (unpaired) electrons. The van der Waals surface area contributed by atoms with Crippen LogP contribution >= 0.6 is 0 Å². The van der Waals surface area contributed by atoms with Gasteiger partial charge in [0.05, 0.1) is 6.54 Å². The minimum Gasteiger partial charge on any atom is -0.444 e. The highest BCUT2D eigenvalue weighted by Crippen LogP contribution is 2.18. The van der Waals surface area contributed by atoms with Gasteiger partial charge in [0.25, 0.3) is 0 Å². The summed E-state index contributed by atoms with van der Waals surface area (Å²) in [6.07, 6.45) is 0.635. The van der Waals surface area contributed by atoms with Crippen LogP contribution in [0.5, 0.6) is 0 Å². The minimum atomic E-state index is -0.462. The molecule has 0 aromatic heterocycles. The largest absolute Gasteiger partial charge is 0.444 e. The van der Waals surface area contributed by atoms with Gasteiger partial charge in [0, 0.05) is 19.6 Å². The summed E-state index contributed by atoms with van der Waals surface area (Å²) in [5.41, 5.74) is -0.462. The first kappa shape index (κ1) is 15.8. The molecule has 2 amide bonds. The Morgan fingerprint density at radius 1 is 1.37 bits per heavy atom. The molecule has 1 rings (SSSR count). The molecule has 0 spiro atoms. The number of nitrogens with zero attached hydrogens (tertiary/aromatic N) is 1. The molecule has 1 aliphatic rings. The minimum absolute atomic E-state index is 0.0155. The molecule has 6 heteroatoms. The summed E-state index contributed by atoms with van der Waals surface area (Å²) < 4.78 is 5.32. The van der Waals surface area contributed by atoms with E-state index in [1.165, 1.54) is 0 Å². The topological polar surface area (TPSA) is 70.7 Å². The first-order valence-electron chi connectivity index (χ1n) is 6.71. The van der Waals surface area contributed by atoms with Crippen LogP contribution < -0.4 is 10.6 Å². The second-order valence-corrected chi connectivity index (χ2v) is 5.92. The van der Waals surface area contributed by atoms with Crippen molar-refractivity contribution >= 4 is 12.0 Å². The van der Waals surface area contributed by atoms with Crippen LogP contribution in [0.15, 0.2) is 0 Å². The lowest BCUT2D eigenvalue weighted by Gasteiger charge is -2.24. The molecule has 1 heterocycles. The number of likely N-dealkylation sites (tertiary alicyclic amines) is 1. The number of ether oxygens (including phenoxy) is 1. The summed E-state index contributed by atoms with van der Waals surface area (Å²) in [6.45, 7) is 7.85. The van der Waals surface area contributed by atoms with E-state index in [2.05, 4.69) is 10.6 Å². The van der Waals surface area contributed by atoms with Crippen molar-refractivity contribution in [2.24, 2.45) is 5.92 Å². The fraction of sp³-hybridized carbons (Fsp3) is 0.846. The molecular weight excluding hydrogens is 246 g/mol. The van der Waals surface area contributed by atoms with Crippen LogP contribution in [0.1, 0.15) is 27.2 Å². The van der Waals surface area contributed by atoms with Crippen LogP contribution in [-0.2, 0) is 9.53 Å². The van der Waals surface area contributed by atoms with Gasteiger partial charge in [-0.15, -0.1) is 0 Å². The molecular formula is C13H25N3O3. The maximum Gasteiger partial charge on any atom is 0.410 e. The standard InChI is InChI=1S/C13H25N3O3/c1-13(2,3)19-12(18)16-6-5-10(9-16)7-15-11(17)8-14-4/h10,14H,5-9H2,1-4H3,(H,15,17). The lowest BCUT2D eigenvalue weighted by Crippen LogP contribution is -2.38. The third-order valence-electron chi connectivity index (χ3n) is 2.86. The quantitative estimate of drug-likeness (QED) is 0.784. The number of hydrogen-bond donors (Lipinski definition) is 2. The van der Waals surface area contributed by atoms with Gasteiger partial charge in [-0.3, -0.25) is 4.79 Å². The zero-order valence-corrected chi connectivity index (χ0v) is 12.3. The van der Waals surface area contributed by atoms with E-state index in [0.29, 0.717) is 32.1 Å². The molecule has 0 aliphatic carbocycles. The van der Waals surface area contributed by atoms with Gasteiger partial charge < -0.3 is 20.3 Å². The predicted molar refractivity (Wildman–Crippen MR) is 72.9 cm³/mol. The number of amides is 2. The van der Waals surface area contributed by atoms with Crippen LogP contribution in [0.25, 0.3) is 0 Å². The van der Waals surface area contributed by atoms with Crippen molar-refractivity contribution in [3.8, 4) is 0 Å². The lowest BCUT2D eigenvalue weighted by atomic mass is 10.1. The SMILES string of the molecule is CNCC(=O)NCC1CCN(C(=O)OC(C)(C)C)C1. The first-order chi connectivity index (χ1) is 8.81. The fourth-order valence-corrected chi connectivity index (χ4v) is 1.97. The van der Waals surface area contributed by atoms with Gasteiger partial charge in [-0.25, -0.2) is 4.79 Å². The smallest absolute Gasteiger partial charge is 0.410 e. The highest BCUT2D eigenvalue weighted by molar-refractivity contribution is 5.77. The summed E-state index contributed by atoms with van der Waals surface area (Å²) in [7, 11) is 1.74. The molecule has 1 atom stereocenters. The van der Waals surface area contributed by atoms with E-state index < -0.39 is 5.60 Å². The summed E-state index contributed by atoms with van der Waals surface area (Å²) >= 11 is 0. The number of nitrogens with one attached hydrogen (secondary N) is 2. The molecule has 110 valence electrons. The predicted octanol–water partition coefficient (Wildman–Crippen LogP) is 0.579. The molecule has 0 aromatic carbocycles. The van der Waals surface area contributed by atoms with Gasteiger partial charge in [0.1, 0.15) is 5.60 Å². The van der Waals surface area contributed by atoms with Gasteiger partial charge in [-0.1, -0.05) is 0 Å². The van der Waals surface area contributed by atoms with E-state index in [4.69, 9.17) is 4.74 Å². The number of likely N-dealkylation sites (N-methyl/N-ethyl adjacent to an activating group) is 1. The van der Waals surface area contributed by atoms with Crippen LogP contribution in [0, 0.1) is 5.92 Å². The zero-order chi connectivity index (χ0) is 14.5. The Morgan fingerprint density at radius 3 is 2.63 bits per heavy atom. The number of carbonyl (C=O) groups excluding carboxylic acids is 2. The van der Waals surface area contributed by atoms with E-state index in [-0.39, 0.29) is 12.0 Å². The molecule has 1 aliphatic heterocycles. The highest BCUT2D eigenvalue weighted by Gasteiger charge is 2.29. The second kappa shape index (κ2) is 6.75. The van der Waals surface area contributed by atoms with Crippen molar-refractivity contribution < 1.29 is 14.3 Å². The van der Waals surface area contributed by atoms with Gasteiger partial charge >= 0.3 is 6.09 Å². The Bertz CT molecular complexity index is 326. The Labute approximate surface area is 114 Å². The summed E-state index contributed by atoms with van der Waals surface area (Å²) in [4.78, 5) is 24.9. The zero-order valence-electron chi connectivity index (χ0n) is 12.3. The van der Waals surface area contributed by atoms with E-state index in [1.807, 2.05) is 20.8 Å². The molecule has 19 heavy (non-hydrogen) atoms. The average molecular weight is 271 g/mol. The molecule has 0 aromatic rings. The Morgan fingerprint density at radius 2 is 2.05 bits per heavy atom. The third-order valence-corrected chi connectivity index (χ3v) is 2.86. The molecule has 6 nitrogen and oxygen atoms in total. The molecule has 0 saturated carbocycles. The average Bonchev–Trinajstić information content (AvgIpc) is 2.73. The Balaban J connectivity index is 2.29. The molecule has 1 saturated heterocycles. The van der Waals surface area contributed by atoms with Gasteiger partial charge in [-0.2, -0.15) is 0 Å². The molecule has 2 N–H and O–H groups in total. The summed E-state index contributed by atoms with van der Waals surface area (Å²) in [6, 6.07) is 0. The maximum absolute atomic E-state index is 11.9. The fourth-order valence-electron chi connectivity index (χ4n) is 1.97. The van der Waals surface area contributed by atoms with Crippen molar-refractivity contribution in [1.82, 2.24) is 15.5 Å². The molecule has 0 bridgehead atoms. The number of carbonyl (C=O) groups is 2. The number of rotatable bonds is 4. The normalized spacial score (nSPS) is 19.4. The monoisotopic (exact) mass is 271 g/mol. The second-order valence-electron chi connectivity index (χ2n) is 5.92. The van der Waals surface area contributed by atoms with E-state index in [0.717, 1.165) is 6.42 Å². The number of hydrogen-bond acceptors (Lipinski definition) is 4. The molecule has 1 unspecified atom stereocenters. The molecule has 1 fully saturated rings. The van der Waals surface area contributed by atoms with Gasteiger partial charge in [-0.05, 0) is 40.2 Å². The van der Waals surface area contributed by atoms with Crippen LogP contribution in [0.2, 0.25) is 0 Å². The van der Waals surface area contributed by atoms with Crippen molar-refractivity contribution in [2.75, 3.05) is 33.2 Å². The summed E-state index contributed by atoms with van der Waals surface area (Å²) in [5, 5.41) is 5.65. The lowest BCUT2D eigenvalue weighted by molar-refractivity contribution is -0.120. The van der Waals surface area contributed by atoms with Crippen molar-refractivity contribution in [2.45, 2.75) is 32.8 Å². The highest BCUT2D eigenvalue weighted by atomic mass is 16.6. The van der Waals surface area contributed by atoms with Gasteiger partial charge in [0.2, 0.25) is 5.91 Å². The Kier molecular flexibility index (Phi) is 5.60. The van der Waals surface area contributed by atoms with E-state index >= 15 is 0 Å². The van der Waals surface area contributed by atoms with E-state index in [1.54, 1.807) is 11.9 Å². The van der Waals surface area contributed by atoms with Crippen molar-refractivity contribution in [1.29, 1.82) is 0 Å². The maximum atomic E-state index is 11.9. The van der Waals surface area contributed by atoms with Crippen LogP contribution in [0.4, 0.5) is 4.79 Å². The van der Waals surface area contributed by atoms with Crippen molar-refractivity contribution in [3.63, 3.8) is 0 Å². The van der Waals surface area contributed by atoms with Gasteiger partial charge in [0.15, 0.2) is 0 Å². The summed E-state index contributed by atoms with van der Waals surface area (Å²) in [5.74, 6) is 0.298. The first-order valence-corrected chi connectivity index (χ1v) is 6.71.